The predicted molar refractivity (Wildman–Crippen MR) is 370 cm³/mol. The molecule has 0 aliphatic heterocycles. The van der Waals surface area contributed by atoms with Crippen LogP contribution in [0.4, 0.5) is 0 Å². The molecule has 0 heterocycles. The molecule has 0 aliphatic carbocycles. The van der Waals surface area contributed by atoms with Gasteiger partial charge in [-0.15, -0.1) is 0 Å². The zero-order chi connectivity index (χ0) is 60.5. The van der Waals surface area contributed by atoms with Crippen molar-refractivity contribution in [1.82, 2.24) is 0 Å². The van der Waals surface area contributed by atoms with E-state index in [2.05, 4.69) is 184 Å². The maximum absolute atomic E-state index is 12.4. The van der Waals surface area contributed by atoms with Crippen LogP contribution in [0, 0.1) is 0 Å². The molecule has 0 spiro atoms. The van der Waals surface area contributed by atoms with E-state index in [9.17, 15) is 14.7 Å². The number of hydrogen-bond donors (Lipinski definition) is 1. The Balaban J connectivity index is 3.59. The Morgan fingerprint density at radius 2 is 0.512 bits per heavy atom. The van der Waals surface area contributed by atoms with Gasteiger partial charge >= 0.3 is 11.9 Å². The monoisotopic (exact) mass is 1160 g/mol. The molecule has 0 aromatic rings. The van der Waals surface area contributed by atoms with Gasteiger partial charge in [0.2, 0.25) is 0 Å². The van der Waals surface area contributed by atoms with Crippen LogP contribution < -0.4 is 0 Å². The fourth-order valence-corrected chi connectivity index (χ4v) is 9.33. The number of hydrogen-bond acceptors (Lipinski definition) is 5. The van der Waals surface area contributed by atoms with Crippen molar-refractivity contribution < 1.29 is 24.2 Å². The lowest BCUT2D eigenvalue weighted by Crippen LogP contribution is -2.28. The van der Waals surface area contributed by atoms with Crippen molar-refractivity contribution in [3.05, 3.63) is 170 Å². The summed E-state index contributed by atoms with van der Waals surface area (Å²) in [5, 5.41) is 9.70. The average Bonchev–Trinajstić information content (AvgIpc) is 3.51. The molecule has 0 aliphatic rings. The third-order valence-electron chi connectivity index (χ3n) is 14.5. The van der Waals surface area contributed by atoms with Crippen LogP contribution in [0.1, 0.15) is 296 Å². The van der Waals surface area contributed by atoms with Crippen molar-refractivity contribution in [2.75, 3.05) is 13.2 Å². The third-order valence-corrected chi connectivity index (χ3v) is 14.5. The molecular weight excluding hydrogens is 1030 g/mol. The van der Waals surface area contributed by atoms with E-state index in [0.717, 1.165) is 128 Å². The molecule has 0 radical (unpaired) electrons. The number of ether oxygens (including phenoxy) is 2. The first-order valence-electron chi connectivity index (χ1n) is 34.7. The largest absolute Gasteiger partial charge is 0.462 e. The summed E-state index contributed by atoms with van der Waals surface area (Å²) < 4.78 is 10.7. The molecule has 5 nitrogen and oxygen atoms in total. The Labute approximate surface area is 519 Å². The second kappa shape index (κ2) is 72.5. The molecule has 1 unspecified atom stereocenters. The van der Waals surface area contributed by atoms with Crippen molar-refractivity contribution in [3.8, 4) is 0 Å². The molecule has 1 N–H and O–H groups in total. The van der Waals surface area contributed by atoms with Gasteiger partial charge in [0.05, 0.1) is 6.61 Å². The highest BCUT2D eigenvalue weighted by molar-refractivity contribution is 5.70. The Morgan fingerprint density at radius 3 is 0.774 bits per heavy atom. The minimum Gasteiger partial charge on any atom is -0.462 e. The SMILES string of the molecule is CC/C=C\C/C=C\C/C=C\C/C=C\C/C=C\C/C=C\C/C=C\C/C=C\C/C=C\C/C=C\C/C=C\CCCCCCCCCC(=O)OC(CO)COC(=O)CCCCCCCCCCCCCCCC/C=C\C/C=C\C/C=C\CCCCCCC. The van der Waals surface area contributed by atoms with E-state index in [1.807, 2.05) is 0 Å². The van der Waals surface area contributed by atoms with Crippen LogP contribution in [-0.4, -0.2) is 36.4 Å². The molecule has 0 aromatic carbocycles. The van der Waals surface area contributed by atoms with Gasteiger partial charge in [0.1, 0.15) is 6.61 Å². The highest BCUT2D eigenvalue weighted by atomic mass is 16.6. The zero-order valence-electron chi connectivity index (χ0n) is 54.4. The van der Waals surface area contributed by atoms with E-state index >= 15 is 0 Å². The fourth-order valence-electron chi connectivity index (χ4n) is 9.33. The predicted octanol–water partition coefficient (Wildman–Crippen LogP) is 24.4. The van der Waals surface area contributed by atoms with Crippen LogP contribution in [0.15, 0.2) is 170 Å². The molecule has 474 valence electrons. The summed E-state index contributed by atoms with van der Waals surface area (Å²) in [5.74, 6) is -0.608. The van der Waals surface area contributed by atoms with E-state index in [1.165, 1.54) is 141 Å². The quantitative estimate of drug-likeness (QED) is 0.0373. The molecule has 1 atom stereocenters. The van der Waals surface area contributed by atoms with Crippen LogP contribution in [0.2, 0.25) is 0 Å². The topological polar surface area (TPSA) is 72.8 Å². The van der Waals surface area contributed by atoms with E-state index in [-0.39, 0.29) is 25.2 Å². The molecule has 0 saturated heterocycles. The van der Waals surface area contributed by atoms with Gasteiger partial charge in [-0.2, -0.15) is 0 Å². The summed E-state index contributed by atoms with van der Waals surface area (Å²) in [5.41, 5.74) is 0. The molecule has 0 saturated carbocycles. The second-order valence-electron chi connectivity index (χ2n) is 22.5. The van der Waals surface area contributed by atoms with Gasteiger partial charge in [0.25, 0.3) is 0 Å². The first-order valence-corrected chi connectivity index (χ1v) is 34.7. The minimum atomic E-state index is -0.792. The highest BCUT2D eigenvalue weighted by Crippen LogP contribution is 2.16. The standard InChI is InChI=1S/C79H128O5/c1-3-5-7-9-11-13-15-17-19-21-23-25-27-29-31-33-34-35-36-37-38-39-40-41-42-43-44-46-48-50-52-54-56-58-60-62-64-66-68-70-72-74-79(82)84-77(75-80)76-83-78(81)73-71-69-67-65-63-61-59-57-55-53-51-49-47-45-32-30-28-26-24-22-20-18-16-14-12-10-8-6-4-2/h5,7,11,13,16-19,22-25,28-31,34-35,37-38,40-41,43-44,48,50,54,56,77,80H,3-4,6,8-10,12,14-15,20-21,26-27,32-33,36,39,42,45-47,49,51-53,55,57-76H2,1-2H3/b7-5-,13-11-,18-16-,19-17-,24-22-,25-23-,30-28-,31-29-,35-34-,38-37-,41-40-,44-43-,50-48-,56-54-. The lowest BCUT2D eigenvalue weighted by Gasteiger charge is -2.15. The molecule has 0 amide bonds. The number of unbranched alkanes of at least 4 members (excludes halogenated alkanes) is 26. The van der Waals surface area contributed by atoms with Gasteiger partial charge in [0, 0.05) is 12.8 Å². The highest BCUT2D eigenvalue weighted by Gasteiger charge is 2.16. The van der Waals surface area contributed by atoms with Gasteiger partial charge in [-0.3, -0.25) is 9.59 Å². The van der Waals surface area contributed by atoms with Crippen molar-refractivity contribution in [3.63, 3.8) is 0 Å². The summed E-state index contributed by atoms with van der Waals surface area (Å²) in [4.78, 5) is 24.6. The van der Waals surface area contributed by atoms with Crippen LogP contribution in [0.3, 0.4) is 0 Å². The summed E-state index contributed by atoms with van der Waals surface area (Å²) in [6.45, 7) is 4.01. The van der Waals surface area contributed by atoms with Crippen molar-refractivity contribution in [1.29, 1.82) is 0 Å². The van der Waals surface area contributed by atoms with Crippen LogP contribution in [0.5, 0.6) is 0 Å². The number of aliphatic hydroxyl groups excluding tert-OH is 1. The number of carbonyl (C=O) groups is 2. The molecule has 0 bridgehead atoms. The number of aliphatic hydroxyl groups is 1. The number of rotatable bonds is 62. The van der Waals surface area contributed by atoms with Gasteiger partial charge in [-0.25, -0.2) is 0 Å². The molecular formula is C79H128O5. The van der Waals surface area contributed by atoms with Crippen LogP contribution >= 0.6 is 0 Å². The second-order valence-corrected chi connectivity index (χ2v) is 22.5. The molecule has 5 heteroatoms. The first-order chi connectivity index (χ1) is 41.6. The number of carbonyl (C=O) groups excluding carboxylic acids is 2. The van der Waals surface area contributed by atoms with Crippen molar-refractivity contribution in [2.24, 2.45) is 0 Å². The maximum atomic E-state index is 12.4. The Kier molecular flexibility index (Phi) is 68.4. The van der Waals surface area contributed by atoms with Gasteiger partial charge in [-0.1, -0.05) is 319 Å². The Bertz CT molecular complexity index is 1840. The third kappa shape index (κ3) is 69.8. The summed E-state index contributed by atoms with van der Waals surface area (Å²) in [7, 11) is 0. The molecule has 84 heavy (non-hydrogen) atoms. The van der Waals surface area contributed by atoms with Gasteiger partial charge in [-0.05, 0) is 135 Å². The Morgan fingerprint density at radius 1 is 0.286 bits per heavy atom. The number of esters is 2. The minimum absolute atomic E-state index is 0.0791. The zero-order valence-corrected chi connectivity index (χ0v) is 54.4. The molecule has 0 aromatic heterocycles. The lowest BCUT2D eigenvalue weighted by atomic mass is 10.0. The van der Waals surface area contributed by atoms with Crippen molar-refractivity contribution in [2.45, 2.75) is 302 Å². The van der Waals surface area contributed by atoms with Gasteiger partial charge in [0.15, 0.2) is 6.10 Å². The normalized spacial score (nSPS) is 13.3. The van der Waals surface area contributed by atoms with E-state index in [4.69, 9.17) is 9.47 Å². The fraction of sp³-hybridized carbons (Fsp3) is 0.620. The van der Waals surface area contributed by atoms with E-state index in [1.54, 1.807) is 0 Å². The number of allylic oxidation sites excluding steroid dienone is 28. The first kappa shape index (κ1) is 79.3. The summed E-state index contributed by atoms with van der Waals surface area (Å²) >= 11 is 0. The Hall–Kier alpha value is -4.74. The van der Waals surface area contributed by atoms with E-state index in [0.29, 0.717) is 12.8 Å². The molecule has 0 rings (SSSR count). The summed E-state index contributed by atoms with van der Waals surface area (Å²) in [6, 6.07) is 0. The summed E-state index contributed by atoms with van der Waals surface area (Å²) in [6.07, 6.45) is 112. The van der Waals surface area contributed by atoms with E-state index < -0.39 is 6.10 Å². The maximum Gasteiger partial charge on any atom is 0.306 e. The molecule has 0 fully saturated rings. The van der Waals surface area contributed by atoms with Crippen molar-refractivity contribution >= 4 is 11.9 Å². The van der Waals surface area contributed by atoms with Crippen LogP contribution in [-0.2, 0) is 19.1 Å². The smallest absolute Gasteiger partial charge is 0.306 e. The lowest BCUT2D eigenvalue weighted by molar-refractivity contribution is -0.161. The van der Waals surface area contributed by atoms with Crippen LogP contribution in [0.25, 0.3) is 0 Å². The average molecular weight is 1160 g/mol. The van der Waals surface area contributed by atoms with Gasteiger partial charge < -0.3 is 14.6 Å².